The summed E-state index contributed by atoms with van der Waals surface area (Å²) in [6.07, 6.45) is 0.725. The maximum atomic E-state index is 12.3. The Kier molecular flexibility index (Phi) is 7.42. The Labute approximate surface area is 148 Å². The van der Waals surface area contributed by atoms with Crippen molar-refractivity contribution in [3.63, 3.8) is 0 Å². The summed E-state index contributed by atoms with van der Waals surface area (Å²) >= 11 is 0. The fourth-order valence-corrected chi connectivity index (χ4v) is 2.49. The lowest BCUT2D eigenvalue weighted by atomic mass is 9.86. The van der Waals surface area contributed by atoms with Gasteiger partial charge in [0.2, 0.25) is 5.91 Å². The van der Waals surface area contributed by atoms with Crippen LogP contribution in [0.1, 0.15) is 39.2 Å². The van der Waals surface area contributed by atoms with Crippen molar-refractivity contribution in [1.82, 2.24) is 10.6 Å². The molecule has 7 heteroatoms. The van der Waals surface area contributed by atoms with Gasteiger partial charge in [0.1, 0.15) is 6.04 Å². The van der Waals surface area contributed by atoms with Gasteiger partial charge in [0.15, 0.2) is 0 Å². The highest BCUT2D eigenvalue weighted by atomic mass is 16.4. The Morgan fingerprint density at radius 1 is 1.12 bits per heavy atom. The minimum absolute atomic E-state index is 0.0592. The number of amides is 3. The van der Waals surface area contributed by atoms with Crippen molar-refractivity contribution in [2.75, 3.05) is 0 Å². The van der Waals surface area contributed by atoms with Gasteiger partial charge in [0.05, 0.1) is 0 Å². The van der Waals surface area contributed by atoms with Crippen LogP contribution in [0.25, 0.3) is 0 Å². The number of aliphatic carboxylic acids is 1. The van der Waals surface area contributed by atoms with Crippen LogP contribution in [0.5, 0.6) is 0 Å². The first-order valence-electron chi connectivity index (χ1n) is 8.21. The van der Waals surface area contributed by atoms with Crippen LogP contribution in [-0.4, -0.2) is 35.1 Å². The minimum Gasteiger partial charge on any atom is -0.481 e. The van der Waals surface area contributed by atoms with Crippen LogP contribution < -0.4 is 16.4 Å². The van der Waals surface area contributed by atoms with Gasteiger partial charge in [0, 0.05) is 12.5 Å². The number of benzene rings is 1. The molecule has 0 radical (unpaired) electrons. The first-order valence-corrected chi connectivity index (χ1v) is 8.21. The molecule has 0 fully saturated rings. The summed E-state index contributed by atoms with van der Waals surface area (Å²) in [5.41, 5.74) is 5.82. The van der Waals surface area contributed by atoms with Gasteiger partial charge in [-0.2, -0.15) is 0 Å². The number of primary amides is 1. The first-order chi connectivity index (χ1) is 11.6. The molecule has 1 aromatic rings. The van der Waals surface area contributed by atoms with Gasteiger partial charge in [-0.25, -0.2) is 4.79 Å². The molecule has 0 bridgehead atoms. The minimum atomic E-state index is -0.926. The van der Waals surface area contributed by atoms with Gasteiger partial charge in [-0.15, -0.1) is 0 Å². The van der Waals surface area contributed by atoms with Crippen molar-refractivity contribution in [2.45, 2.75) is 52.1 Å². The lowest BCUT2D eigenvalue weighted by Gasteiger charge is -2.29. The van der Waals surface area contributed by atoms with Gasteiger partial charge < -0.3 is 21.5 Å². The number of carbonyl (C=O) groups excluding carboxylic acids is 2. The topological polar surface area (TPSA) is 122 Å². The zero-order chi connectivity index (χ0) is 19.0. The molecule has 0 aliphatic rings. The van der Waals surface area contributed by atoms with E-state index in [1.54, 1.807) is 20.8 Å². The van der Waals surface area contributed by atoms with Crippen molar-refractivity contribution in [2.24, 2.45) is 11.1 Å². The van der Waals surface area contributed by atoms with Gasteiger partial charge in [-0.05, 0) is 23.8 Å². The second-order valence-electron chi connectivity index (χ2n) is 7.14. The number of carbonyl (C=O) groups is 3. The van der Waals surface area contributed by atoms with Gasteiger partial charge >= 0.3 is 12.0 Å². The van der Waals surface area contributed by atoms with Crippen LogP contribution in [0.2, 0.25) is 0 Å². The number of nitrogens with one attached hydrogen (secondary N) is 2. The summed E-state index contributed by atoms with van der Waals surface area (Å²) in [5.74, 6) is -1.54. The Morgan fingerprint density at radius 3 is 2.20 bits per heavy atom. The van der Waals surface area contributed by atoms with E-state index < -0.39 is 29.4 Å². The number of rotatable bonds is 8. The molecule has 7 nitrogen and oxygen atoms in total. The smallest absolute Gasteiger partial charge is 0.315 e. The van der Waals surface area contributed by atoms with E-state index in [-0.39, 0.29) is 18.9 Å². The molecule has 25 heavy (non-hydrogen) atoms. The summed E-state index contributed by atoms with van der Waals surface area (Å²) in [7, 11) is 0. The number of urea groups is 1. The van der Waals surface area contributed by atoms with Gasteiger partial charge in [-0.1, -0.05) is 51.1 Å². The maximum Gasteiger partial charge on any atom is 0.315 e. The highest BCUT2D eigenvalue weighted by molar-refractivity contribution is 5.86. The molecular weight excluding hydrogens is 322 g/mol. The second-order valence-corrected chi connectivity index (χ2v) is 7.14. The third-order valence-electron chi connectivity index (χ3n) is 3.79. The Morgan fingerprint density at radius 2 is 1.72 bits per heavy atom. The lowest BCUT2D eigenvalue weighted by molar-refractivity contribution is -0.137. The third-order valence-corrected chi connectivity index (χ3v) is 3.79. The second kappa shape index (κ2) is 9.05. The Bertz CT molecular complexity index is 596. The third kappa shape index (κ3) is 7.69. The van der Waals surface area contributed by atoms with E-state index in [1.807, 2.05) is 30.3 Å². The van der Waals surface area contributed by atoms with Gasteiger partial charge in [-0.3, -0.25) is 9.59 Å². The maximum absolute atomic E-state index is 12.3. The molecular formula is C18H27N3O4. The molecule has 1 aromatic carbocycles. The molecule has 0 saturated heterocycles. The van der Waals surface area contributed by atoms with Crippen molar-refractivity contribution >= 4 is 17.9 Å². The summed E-state index contributed by atoms with van der Waals surface area (Å²) in [6, 6.07) is 7.74. The largest absolute Gasteiger partial charge is 0.481 e. The lowest BCUT2D eigenvalue weighted by Crippen LogP contribution is -2.56. The van der Waals surface area contributed by atoms with E-state index >= 15 is 0 Å². The predicted octanol–water partition coefficient (Wildman–Crippen LogP) is 1.66. The number of nitrogens with two attached hydrogens (primary N) is 1. The number of hydrogen-bond donors (Lipinski definition) is 4. The van der Waals surface area contributed by atoms with E-state index in [9.17, 15) is 14.4 Å². The fraction of sp³-hybridized carbons (Fsp3) is 0.500. The summed E-state index contributed by atoms with van der Waals surface area (Å²) in [5, 5.41) is 14.2. The number of carboxylic acid groups (broad SMARTS) is 1. The number of carboxylic acids is 1. The molecule has 0 aliphatic carbocycles. The average molecular weight is 349 g/mol. The van der Waals surface area contributed by atoms with Crippen LogP contribution in [0.15, 0.2) is 30.3 Å². The summed E-state index contributed by atoms with van der Waals surface area (Å²) in [4.78, 5) is 34.7. The van der Waals surface area contributed by atoms with Crippen molar-refractivity contribution < 1.29 is 19.5 Å². The van der Waals surface area contributed by atoms with Crippen molar-refractivity contribution in [3.8, 4) is 0 Å². The van der Waals surface area contributed by atoms with Crippen molar-refractivity contribution in [3.05, 3.63) is 35.9 Å². The Balaban J connectivity index is 2.76. The Hall–Kier alpha value is -2.57. The zero-order valence-electron chi connectivity index (χ0n) is 14.9. The molecule has 2 unspecified atom stereocenters. The first kappa shape index (κ1) is 20.5. The van der Waals surface area contributed by atoms with Crippen LogP contribution >= 0.6 is 0 Å². The molecule has 2 atom stereocenters. The summed E-state index contributed by atoms with van der Waals surface area (Å²) in [6.45, 7) is 5.40. The van der Waals surface area contributed by atoms with E-state index in [1.165, 1.54) is 0 Å². The standard InChI is InChI=1S/C18H27N3O4/c1-18(2,3)15(16(19)24)21-17(25)20-13(9-10-14(22)23)11-12-7-5-4-6-8-12/h4-8,13,15H,9-11H2,1-3H3,(H2,19,24)(H,22,23)(H2,20,21,25). The molecule has 138 valence electrons. The van der Waals surface area contributed by atoms with E-state index in [2.05, 4.69) is 10.6 Å². The van der Waals surface area contributed by atoms with Gasteiger partial charge in [0.25, 0.3) is 0 Å². The molecule has 0 aromatic heterocycles. The molecule has 1 rings (SSSR count). The average Bonchev–Trinajstić information content (AvgIpc) is 2.50. The molecule has 0 heterocycles. The highest BCUT2D eigenvalue weighted by Gasteiger charge is 2.31. The normalized spacial score (nSPS) is 13.6. The quantitative estimate of drug-likeness (QED) is 0.570. The molecule has 5 N–H and O–H groups in total. The van der Waals surface area contributed by atoms with Crippen LogP contribution in [0.4, 0.5) is 4.79 Å². The molecule has 0 spiro atoms. The SMILES string of the molecule is CC(C)(C)C(NC(=O)NC(CCC(=O)O)Cc1ccccc1)C(N)=O. The monoisotopic (exact) mass is 349 g/mol. The predicted molar refractivity (Wildman–Crippen MR) is 94.9 cm³/mol. The van der Waals surface area contributed by atoms with E-state index in [0.717, 1.165) is 5.56 Å². The van der Waals surface area contributed by atoms with E-state index in [4.69, 9.17) is 10.8 Å². The molecule has 0 saturated carbocycles. The molecule has 0 aliphatic heterocycles. The molecule has 3 amide bonds. The van der Waals surface area contributed by atoms with E-state index in [0.29, 0.717) is 6.42 Å². The van der Waals surface area contributed by atoms with Crippen LogP contribution in [0, 0.1) is 5.41 Å². The number of hydrogen-bond acceptors (Lipinski definition) is 3. The van der Waals surface area contributed by atoms with Crippen LogP contribution in [0.3, 0.4) is 0 Å². The van der Waals surface area contributed by atoms with Crippen molar-refractivity contribution in [1.29, 1.82) is 0 Å². The summed E-state index contributed by atoms with van der Waals surface area (Å²) < 4.78 is 0. The highest BCUT2D eigenvalue weighted by Crippen LogP contribution is 2.19. The zero-order valence-corrected chi connectivity index (χ0v) is 14.9. The van der Waals surface area contributed by atoms with Crippen LogP contribution in [-0.2, 0) is 16.0 Å². The fourth-order valence-electron chi connectivity index (χ4n) is 2.49.